The molecule has 0 atom stereocenters. The molecular weight excluding hydrogens is 262 g/mol. The number of rotatable bonds is 4. The van der Waals surface area contributed by atoms with Gasteiger partial charge in [0.15, 0.2) is 0 Å². The van der Waals surface area contributed by atoms with Crippen molar-refractivity contribution in [2.75, 3.05) is 6.54 Å². The van der Waals surface area contributed by atoms with E-state index < -0.39 is 0 Å². The first kappa shape index (κ1) is 14.8. The average molecular weight is 278 g/mol. The van der Waals surface area contributed by atoms with Crippen LogP contribution in [0.1, 0.15) is 5.56 Å². The predicted molar refractivity (Wildman–Crippen MR) is 83.0 cm³/mol. The molecule has 0 unspecified atom stereocenters. The molecule has 0 spiro atoms. The molecule has 0 amide bonds. The standard InChI is InChI=1S/C15H15NS.ClH/c16-12-11-15(13-7-3-1-4-8-13)17-14-9-5-2-6-10-14;/h1-11H,12,16H2;1H. The van der Waals surface area contributed by atoms with E-state index in [1.807, 2.05) is 36.4 Å². The molecule has 0 aliphatic heterocycles. The summed E-state index contributed by atoms with van der Waals surface area (Å²) in [5, 5.41) is 0. The minimum atomic E-state index is 0. The van der Waals surface area contributed by atoms with Crippen LogP contribution in [-0.2, 0) is 0 Å². The molecule has 0 bridgehead atoms. The maximum absolute atomic E-state index is 5.63. The minimum absolute atomic E-state index is 0. The van der Waals surface area contributed by atoms with Gasteiger partial charge < -0.3 is 5.73 Å². The lowest BCUT2D eigenvalue weighted by Gasteiger charge is -2.07. The molecule has 2 rings (SSSR count). The van der Waals surface area contributed by atoms with Gasteiger partial charge in [0.05, 0.1) is 0 Å². The van der Waals surface area contributed by atoms with E-state index >= 15 is 0 Å². The van der Waals surface area contributed by atoms with Crippen molar-refractivity contribution < 1.29 is 0 Å². The molecular formula is C15H16ClNS. The Morgan fingerprint density at radius 3 is 2.06 bits per heavy atom. The van der Waals surface area contributed by atoms with Gasteiger partial charge in [-0.1, -0.05) is 66.4 Å². The minimum Gasteiger partial charge on any atom is -0.327 e. The molecule has 0 saturated carbocycles. The van der Waals surface area contributed by atoms with Gasteiger partial charge in [0.1, 0.15) is 0 Å². The molecule has 2 aromatic carbocycles. The van der Waals surface area contributed by atoms with Crippen molar-refractivity contribution in [1.29, 1.82) is 0 Å². The van der Waals surface area contributed by atoms with Crippen LogP contribution < -0.4 is 5.73 Å². The highest BCUT2D eigenvalue weighted by Crippen LogP contribution is 2.33. The molecule has 0 heterocycles. The molecule has 0 aromatic heterocycles. The maximum Gasteiger partial charge on any atom is 0.0167 e. The van der Waals surface area contributed by atoms with Gasteiger partial charge in [-0.25, -0.2) is 0 Å². The third kappa shape index (κ3) is 4.22. The smallest absolute Gasteiger partial charge is 0.0167 e. The van der Waals surface area contributed by atoms with Gasteiger partial charge in [-0.3, -0.25) is 0 Å². The molecule has 0 fully saturated rings. The number of thioether (sulfide) groups is 1. The lowest BCUT2D eigenvalue weighted by molar-refractivity contribution is 1.26. The number of benzene rings is 2. The second-order valence-electron chi connectivity index (χ2n) is 3.59. The monoisotopic (exact) mass is 277 g/mol. The molecule has 2 aromatic rings. The zero-order chi connectivity index (χ0) is 11.9. The molecule has 94 valence electrons. The van der Waals surface area contributed by atoms with E-state index in [2.05, 4.69) is 30.3 Å². The quantitative estimate of drug-likeness (QED) is 0.848. The molecule has 18 heavy (non-hydrogen) atoms. The van der Waals surface area contributed by atoms with Crippen molar-refractivity contribution in [2.24, 2.45) is 5.73 Å². The van der Waals surface area contributed by atoms with Crippen LogP contribution in [0.4, 0.5) is 0 Å². The van der Waals surface area contributed by atoms with Crippen molar-refractivity contribution >= 4 is 29.1 Å². The SMILES string of the molecule is Cl.NCC=C(Sc1ccccc1)c1ccccc1. The summed E-state index contributed by atoms with van der Waals surface area (Å²) >= 11 is 1.75. The largest absolute Gasteiger partial charge is 0.327 e. The van der Waals surface area contributed by atoms with Gasteiger partial charge in [0.2, 0.25) is 0 Å². The molecule has 0 aliphatic rings. The van der Waals surface area contributed by atoms with Crippen LogP contribution in [-0.4, -0.2) is 6.54 Å². The van der Waals surface area contributed by atoms with Crippen molar-refractivity contribution in [3.05, 3.63) is 72.3 Å². The Bertz CT molecular complexity index is 482. The van der Waals surface area contributed by atoms with Gasteiger partial charge in [0.25, 0.3) is 0 Å². The average Bonchev–Trinajstić information content (AvgIpc) is 2.40. The highest BCUT2D eigenvalue weighted by molar-refractivity contribution is 8.08. The van der Waals surface area contributed by atoms with Crippen LogP contribution >= 0.6 is 24.2 Å². The molecule has 1 nitrogen and oxygen atoms in total. The highest BCUT2D eigenvalue weighted by Gasteiger charge is 2.02. The third-order valence-electron chi connectivity index (χ3n) is 2.33. The van der Waals surface area contributed by atoms with E-state index in [9.17, 15) is 0 Å². The first-order valence-electron chi connectivity index (χ1n) is 5.58. The summed E-state index contributed by atoms with van der Waals surface area (Å²) in [6, 6.07) is 20.7. The van der Waals surface area contributed by atoms with E-state index in [-0.39, 0.29) is 12.4 Å². The Morgan fingerprint density at radius 1 is 0.944 bits per heavy atom. The second-order valence-corrected chi connectivity index (χ2v) is 4.70. The second kappa shape index (κ2) is 7.98. The van der Waals surface area contributed by atoms with Gasteiger partial charge in [0, 0.05) is 16.3 Å². The first-order chi connectivity index (χ1) is 8.40. The predicted octanol–water partition coefficient (Wildman–Crippen LogP) is 4.20. The number of hydrogen-bond acceptors (Lipinski definition) is 2. The van der Waals surface area contributed by atoms with Gasteiger partial charge >= 0.3 is 0 Å². The first-order valence-corrected chi connectivity index (χ1v) is 6.40. The van der Waals surface area contributed by atoms with Crippen LogP contribution in [0.3, 0.4) is 0 Å². The highest BCUT2D eigenvalue weighted by atomic mass is 35.5. The summed E-state index contributed by atoms with van der Waals surface area (Å²) in [5.74, 6) is 0. The summed E-state index contributed by atoms with van der Waals surface area (Å²) in [6.07, 6.45) is 2.06. The fourth-order valence-electron chi connectivity index (χ4n) is 1.54. The van der Waals surface area contributed by atoms with E-state index in [0.717, 1.165) is 0 Å². The van der Waals surface area contributed by atoms with Crippen molar-refractivity contribution in [3.8, 4) is 0 Å². The van der Waals surface area contributed by atoms with E-state index in [1.165, 1.54) is 15.4 Å². The molecule has 0 radical (unpaired) electrons. The van der Waals surface area contributed by atoms with E-state index in [0.29, 0.717) is 6.54 Å². The Morgan fingerprint density at radius 2 is 1.50 bits per heavy atom. The number of hydrogen-bond donors (Lipinski definition) is 1. The van der Waals surface area contributed by atoms with Crippen LogP contribution in [0.15, 0.2) is 71.6 Å². The van der Waals surface area contributed by atoms with Crippen molar-refractivity contribution in [2.45, 2.75) is 4.90 Å². The Balaban J connectivity index is 0.00000162. The normalized spacial score (nSPS) is 10.8. The number of nitrogens with two attached hydrogens (primary N) is 1. The Labute approximate surface area is 119 Å². The van der Waals surface area contributed by atoms with E-state index in [4.69, 9.17) is 5.73 Å². The lowest BCUT2D eigenvalue weighted by Crippen LogP contribution is -1.94. The van der Waals surface area contributed by atoms with Crippen LogP contribution in [0.5, 0.6) is 0 Å². The summed E-state index contributed by atoms with van der Waals surface area (Å²) < 4.78 is 0. The van der Waals surface area contributed by atoms with Gasteiger partial charge in [-0.05, 0) is 17.7 Å². The van der Waals surface area contributed by atoms with Crippen LogP contribution in [0.25, 0.3) is 4.91 Å². The van der Waals surface area contributed by atoms with Gasteiger partial charge in [-0.15, -0.1) is 12.4 Å². The third-order valence-corrected chi connectivity index (χ3v) is 3.46. The van der Waals surface area contributed by atoms with Gasteiger partial charge in [-0.2, -0.15) is 0 Å². The summed E-state index contributed by atoms with van der Waals surface area (Å²) in [4.78, 5) is 2.44. The van der Waals surface area contributed by atoms with Crippen molar-refractivity contribution in [1.82, 2.24) is 0 Å². The summed E-state index contributed by atoms with van der Waals surface area (Å²) in [5.41, 5.74) is 6.85. The van der Waals surface area contributed by atoms with Crippen LogP contribution in [0, 0.1) is 0 Å². The Kier molecular flexibility index (Phi) is 6.58. The maximum atomic E-state index is 5.63. The molecule has 2 N–H and O–H groups in total. The lowest BCUT2D eigenvalue weighted by atomic mass is 10.2. The zero-order valence-corrected chi connectivity index (χ0v) is 11.6. The molecule has 3 heteroatoms. The fraction of sp³-hybridized carbons (Fsp3) is 0.0667. The topological polar surface area (TPSA) is 26.0 Å². The summed E-state index contributed by atoms with van der Waals surface area (Å²) in [6.45, 7) is 0.560. The number of halogens is 1. The Hall–Kier alpha value is -1.22. The van der Waals surface area contributed by atoms with Crippen molar-refractivity contribution in [3.63, 3.8) is 0 Å². The zero-order valence-electron chi connectivity index (χ0n) is 9.95. The molecule has 0 saturated heterocycles. The molecule has 0 aliphatic carbocycles. The fourth-order valence-corrected chi connectivity index (χ4v) is 2.52. The van der Waals surface area contributed by atoms with E-state index in [1.54, 1.807) is 11.8 Å². The summed E-state index contributed by atoms with van der Waals surface area (Å²) in [7, 11) is 0. The van der Waals surface area contributed by atoms with Crippen LogP contribution in [0.2, 0.25) is 0 Å².